The number of nitrogens with zero attached hydrogens (tertiary/aromatic N) is 1. The zero-order valence-corrected chi connectivity index (χ0v) is 18.5. The van der Waals surface area contributed by atoms with Gasteiger partial charge in [-0.1, -0.05) is 17.7 Å². The highest BCUT2D eigenvalue weighted by atomic mass is 35.5. The molecule has 2 aliphatic carbocycles. The van der Waals surface area contributed by atoms with Gasteiger partial charge in [0.1, 0.15) is 17.7 Å². The van der Waals surface area contributed by atoms with E-state index in [1.807, 2.05) is 0 Å². The third-order valence-electron chi connectivity index (χ3n) is 6.84. The van der Waals surface area contributed by atoms with Gasteiger partial charge in [0, 0.05) is 17.2 Å². The number of hydrogen-bond acceptors (Lipinski definition) is 2. The maximum absolute atomic E-state index is 14.6. The van der Waals surface area contributed by atoms with Crippen molar-refractivity contribution in [1.29, 1.82) is 0 Å². The zero-order valence-electron chi connectivity index (χ0n) is 17.7. The Kier molecular flexibility index (Phi) is 5.58. The summed E-state index contributed by atoms with van der Waals surface area (Å²) in [6.07, 6.45) is -2.11. The van der Waals surface area contributed by atoms with Gasteiger partial charge in [0.05, 0.1) is 16.6 Å². The standard InChI is InChI=1S/C24H20ClF5N2O2/c25-16-10-17(26)15(9-18(16)27)21(11-4-5-11)31-22(33)20-8-13-7-19(13)32(20)23(34)12-2-1-3-14(6-12)24(28,29)30/h1-3,6,9-11,13,19-21H,4-5,7-8H2,(H,31,33)/t13-,19-,20-,21-/m1/s1. The van der Waals surface area contributed by atoms with E-state index >= 15 is 0 Å². The molecule has 3 fully saturated rings. The first-order chi connectivity index (χ1) is 16.0. The third kappa shape index (κ3) is 4.26. The van der Waals surface area contributed by atoms with Crippen LogP contribution in [-0.2, 0) is 11.0 Å². The molecule has 1 saturated heterocycles. The molecule has 2 amide bonds. The molecule has 0 unspecified atom stereocenters. The Hall–Kier alpha value is -2.68. The lowest BCUT2D eigenvalue weighted by Crippen LogP contribution is -2.49. The number of piperidine rings is 1. The quantitative estimate of drug-likeness (QED) is 0.437. The van der Waals surface area contributed by atoms with E-state index in [1.54, 1.807) is 0 Å². The number of alkyl halides is 3. The second-order valence-electron chi connectivity index (χ2n) is 9.22. The smallest absolute Gasteiger partial charge is 0.347 e. The van der Waals surface area contributed by atoms with Gasteiger partial charge in [-0.3, -0.25) is 9.59 Å². The Labute approximate surface area is 197 Å². The average molecular weight is 499 g/mol. The number of carbonyl (C=O) groups excluding carboxylic acids is 2. The Morgan fingerprint density at radius 1 is 1.06 bits per heavy atom. The highest BCUT2D eigenvalue weighted by Gasteiger charge is 2.56. The van der Waals surface area contributed by atoms with Crippen LogP contribution in [0.1, 0.15) is 53.2 Å². The maximum Gasteiger partial charge on any atom is 0.416 e. The molecule has 1 heterocycles. The van der Waals surface area contributed by atoms with Gasteiger partial charge in [-0.2, -0.15) is 13.2 Å². The SMILES string of the molecule is O=C(N[C@@H](c1cc(F)c(Cl)cc1F)C1CC1)[C@H]1C[C@H]2C[C@H]2N1C(=O)c1cccc(C(F)(F)F)c1. The van der Waals surface area contributed by atoms with E-state index in [9.17, 15) is 31.5 Å². The second kappa shape index (κ2) is 8.22. The normalized spacial score (nSPS) is 24.5. The van der Waals surface area contributed by atoms with Gasteiger partial charge < -0.3 is 10.2 Å². The summed E-state index contributed by atoms with van der Waals surface area (Å²) in [6, 6.07) is 4.04. The Morgan fingerprint density at radius 2 is 1.79 bits per heavy atom. The van der Waals surface area contributed by atoms with Crippen LogP contribution in [0, 0.1) is 23.5 Å². The minimum absolute atomic E-state index is 0.0170. The summed E-state index contributed by atoms with van der Waals surface area (Å²) in [6.45, 7) is 0. The number of rotatable bonds is 5. The molecule has 0 aromatic heterocycles. The van der Waals surface area contributed by atoms with Crippen molar-refractivity contribution in [3.63, 3.8) is 0 Å². The maximum atomic E-state index is 14.6. The third-order valence-corrected chi connectivity index (χ3v) is 7.13. The summed E-state index contributed by atoms with van der Waals surface area (Å²) < 4.78 is 67.9. The Morgan fingerprint density at radius 3 is 2.47 bits per heavy atom. The van der Waals surface area contributed by atoms with Crippen LogP contribution in [0.4, 0.5) is 22.0 Å². The van der Waals surface area contributed by atoms with Crippen molar-refractivity contribution in [3.05, 3.63) is 69.7 Å². The van der Waals surface area contributed by atoms with Gasteiger partial charge in [0.15, 0.2) is 0 Å². The van der Waals surface area contributed by atoms with Crippen LogP contribution >= 0.6 is 11.6 Å². The van der Waals surface area contributed by atoms with Crippen molar-refractivity contribution in [2.24, 2.45) is 11.8 Å². The molecule has 4 nitrogen and oxygen atoms in total. The minimum Gasteiger partial charge on any atom is -0.347 e. The summed E-state index contributed by atoms with van der Waals surface area (Å²) in [5.74, 6) is -2.71. The molecule has 0 spiro atoms. The lowest BCUT2D eigenvalue weighted by molar-refractivity contribution is -0.137. The summed E-state index contributed by atoms with van der Waals surface area (Å²) in [4.78, 5) is 27.8. The van der Waals surface area contributed by atoms with Crippen LogP contribution in [0.2, 0.25) is 5.02 Å². The molecule has 180 valence electrons. The molecule has 5 rings (SSSR count). The van der Waals surface area contributed by atoms with Crippen molar-refractivity contribution in [2.45, 2.75) is 50.0 Å². The number of halogens is 6. The van der Waals surface area contributed by atoms with Gasteiger partial charge in [-0.05, 0) is 67.9 Å². The largest absolute Gasteiger partial charge is 0.416 e. The van der Waals surface area contributed by atoms with Gasteiger partial charge in [-0.15, -0.1) is 0 Å². The lowest BCUT2D eigenvalue weighted by atomic mass is 10.00. The lowest BCUT2D eigenvalue weighted by Gasteiger charge is -2.29. The first-order valence-electron chi connectivity index (χ1n) is 11.0. The van der Waals surface area contributed by atoms with E-state index < -0.39 is 47.3 Å². The summed E-state index contributed by atoms with van der Waals surface area (Å²) in [5, 5.41) is 2.41. The van der Waals surface area contributed by atoms with Crippen molar-refractivity contribution in [3.8, 4) is 0 Å². The number of fused-ring (bicyclic) bond motifs is 1. The molecule has 2 aromatic carbocycles. The van der Waals surface area contributed by atoms with Gasteiger partial charge in [0.25, 0.3) is 5.91 Å². The molecule has 4 atom stereocenters. The van der Waals surface area contributed by atoms with Crippen molar-refractivity contribution in [2.75, 3.05) is 0 Å². The number of carbonyl (C=O) groups is 2. The molecule has 0 bridgehead atoms. The first-order valence-corrected chi connectivity index (χ1v) is 11.4. The van der Waals surface area contributed by atoms with Crippen LogP contribution < -0.4 is 5.32 Å². The molecule has 2 saturated carbocycles. The van der Waals surface area contributed by atoms with E-state index in [4.69, 9.17) is 11.6 Å². The van der Waals surface area contributed by atoms with Gasteiger partial charge >= 0.3 is 6.18 Å². The molecule has 1 N–H and O–H groups in total. The number of amides is 2. The van der Waals surface area contributed by atoms with Crippen molar-refractivity contribution >= 4 is 23.4 Å². The molecule has 0 radical (unpaired) electrons. The predicted molar refractivity (Wildman–Crippen MR) is 113 cm³/mol. The molecular formula is C24H20ClF5N2O2. The fourth-order valence-electron chi connectivity index (χ4n) is 4.87. The molecule has 1 aliphatic heterocycles. The van der Waals surface area contributed by atoms with Gasteiger partial charge in [-0.25, -0.2) is 8.78 Å². The van der Waals surface area contributed by atoms with Crippen LogP contribution in [0.25, 0.3) is 0 Å². The molecule has 2 aromatic rings. The monoisotopic (exact) mass is 498 g/mol. The number of benzene rings is 2. The van der Waals surface area contributed by atoms with Crippen LogP contribution in [0.15, 0.2) is 36.4 Å². The van der Waals surface area contributed by atoms with E-state index in [0.29, 0.717) is 12.8 Å². The molecule has 10 heteroatoms. The minimum atomic E-state index is -4.60. The van der Waals surface area contributed by atoms with Gasteiger partial charge in [0.2, 0.25) is 5.91 Å². The summed E-state index contributed by atoms with van der Waals surface area (Å²) in [7, 11) is 0. The molecule has 3 aliphatic rings. The highest BCUT2D eigenvalue weighted by molar-refractivity contribution is 6.30. The zero-order chi connectivity index (χ0) is 24.4. The first kappa shape index (κ1) is 23.1. The van der Waals surface area contributed by atoms with Crippen LogP contribution in [-0.4, -0.2) is 28.8 Å². The van der Waals surface area contributed by atoms with E-state index in [2.05, 4.69) is 5.32 Å². The van der Waals surface area contributed by atoms with Crippen molar-refractivity contribution < 1.29 is 31.5 Å². The van der Waals surface area contributed by atoms with Crippen LogP contribution in [0.3, 0.4) is 0 Å². The Bertz CT molecular complexity index is 1170. The molecule has 34 heavy (non-hydrogen) atoms. The van der Waals surface area contributed by atoms with E-state index in [-0.39, 0.29) is 34.0 Å². The summed E-state index contributed by atoms with van der Waals surface area (Å²) >= 11 is 5.65. The number of nitrogens with one attached hydrogen (secondary N) is 1. The van der Waals surface area contributed by atoms with Crippen LogP contribution in [0.5, 0.6) is 0 Å². The topological polar surface area (TPSA) is 49.4 Å². The van der Waals surface area contributed by atoms with E-state index in [0.717, 1.165) is 43.2 Å². The average Bonchev–Trinajstić information content (AvgIpc) is 3.72. The fraction of sp³-hybridized carbons (Fsp3) is 0.417. The number of hydrogen-bond donors (Lipinski definition) is 1. The second-order valence-corrected chi connectivity index (χ2v) is 9.62. The van der Waals surface area contributed by atoms with Crippen molar-refractivity contribution in [1.82, 2.24) is 10.2 Å². The predicted octanol–water partition coefficient (Wildman–Crippen LogP) is 5.51. The Balaban J connectivity index is 1.38. The fourth-order valence-corrected chi connectivity index (χ4v) is 5.02. The summed E-state index contributed by atoms with van der Waals surface area (Å²) in [5.41, 5.74) is -1.11. The highest BCUT2D eigenvalue weighted by Crippen LogP contribution is 2.49. The molecular weight excluding hydrogens is 479 g/mol. The van der Waals surface area contributed by atoms with E-state index in [1.165, 1.54) is 11.0 Å². The number of likely N-dealkylation sites (tertiary alicyclic amines) is 1.